The first-order valence-corrected chi connectivity index (χ1v) is 11.0. The number of carbonyl (C=O) groups excluding carboxylic acids is 1. The molecule has 33 heavy (non-hydrogen) atoms. The molecule has 0 saturated heterocycles. The highest BCUT2D eigenvalue weighted by Crippen LogP contribution is 2.39. The van der Waals surface area contributed by atoms with Crippen LogP contribution in [0.2, 0.25) is 0 Å². The van der Waals surface area contributed by atoms with E-state index in [0.29, 0.717) is 43.6 Å². The van der Waals surface area contributed by atoms with Crippen LogP contribution >= 0.6 is 0 Å². The number of methoxy groups -OCH3 is 1. The lowest BCUT2D eigenvalue weighted by molar-refractivity contribution is -0.131. The van der Waals surface area contributed by atoms with Gasteiger partial charge in [0.25, 0.3) is 0 Å². The number of H-pyrrole nitrogens is 1. The number of ether oxygens (including phenoxy) is 1. The number of rotatable bonds is 6. The van der Waals surface area contributed by atoms with Gasteiger partial charge in [0.1, 0.15) is 5.75 Å². The van der Waals surface area contributed by atoms with Gasteiger partial charge in [0, 0.05) is 61.2 Å². The molecule has 3 aromatic rings. The van der Waals surface area contributed by atoms with Gasteiger partial charge in [0.2, 0.25) is 5.91 Å². The molecule has 0 atom stereocenters. The lowest BCUT2D eigenvalue weighted by Gasteiger charge is -2.29. The van der Waals surface area contributed by atoms with Crippen molar-refractivity contribution in [3.63, 3.8) is 0 Å². The Balaban J connectivity index is 1.45. The fraction of sp³-hybridized carbons (Fsp3) is 0.240. The second kappa shape index (κ2) is 8.99. The maximum Gasteiger partial charge on any atom is 0.224 e. The minimum absolute atomic E-state index is 0.0500. The van der Waals surface area contributed by atoms with Gasteiger partial charge in [-0.15, -0.1) is 5.53 Å². The molecule has 3 N–H and O–H groups in total. The van der Waals surface area contributed by atoms with E-state index in [1.54, 1.807) is 19.5 Å². The molecule has 1 aromatic heterocycles. The quantitative estimate of drug-likeness (QED) is 0.536. The lowest BCUT2D eigenvalue weighted by Crippen LogP contribution is -2.40. The van der Waals surface area contributed by atoms with Gasteiger partial charge in [-0.25, -0.2) is 4.39 Å². The third-order valence-corrected chi connectivity index (χ3v) is 6.14. The molecule has 2 aromatic carbocycles. The molecule has 0 unspecified atom stereocenters. The molecule has 0 aliphatic carbocycles. The normalized spacial score (nSPS) is 15.6. The van der Waals surface area contributed by atoms with Crippen molar-refractivity contribution in [3.8, 4) is 16.9 Å². The maximum absolute atomic E-state index is 15.6. The van der Waals surface area contributed by atoms with Crippen molar-refractivity contribution in [1.29, 1.82) is 0 Å². The number of para-hydroxylation sites is 1. The first kappa shape index (κ1) is 21.1. The Morgan fingerprint density at radius 1 is 1.18 bits per heavy atom. The van der Waals surface area contributed by atoms with E-state index in [0.717, 1.165) is 27.8 Å². The summed E-state index contributed by atoms with van der Waals surface area (Å²) in [6, 6.07) is 11.5. The number of fused-ring (bicyclic) bond motifs is 1. The highest BCUT2D eigenvalue weighted by atomic mass is 19.1. The summed E-state index contributed by atoms with van der Waals surface area (Å²) in [5.41, 5.74) is 9.36. The van der Waals surface area contributed by atoms with Gasteiger partial charge in [-0.1, -0.05) is 24.3 Å². The van der Waals surface area contributed by atoms with Gasteiger partial charge in [-0.3, -0.25) is 9.80 Å². The van der Waals surface area contributed by atoms with Crippen LogP contribution in [0.1, 0.15) is 18.4 Å². The van der Waals surface area contributed by atoms with E-state index in [-0.39, 0.29) is 11.7 Å². The fourth-order valence-electron chi connectivity index (χ4n) is 4.46. The molecule has 5 rings (SSSR count). The number of carbonyl (C=O) groups is 1. The van der Waals surface area contributed by atoms with Crippen molar-refractivity contribution in [2.45, 2.75) is 12.8 Å². The standard InChI is InChI=1S/C25H26FN5O2/c1-33-22-7-3-2-6-18(22)21-15-20(24(26)25-19(21)8-10-27-25)17-5-4-12-30(16-17)23(32)9-13-31-14-11-28-29-31/h2-3,5-8,10-11,14-15,27-29H,4,9,12-13,16H2,1H3. The third-order valence-electron chi connectivity index (χ3n) is 6.14. The molecule has 3 heterocycles. The Morgan fingerprint density at radius 3 is 2.88 bits per heavy atom. The first-order chi connectivity index (χ1) is 16.2. The maximum atomic E-state index is 15.6. The van der Waals surface area contributed by atoms with E-state index in [9.17, 15) is 4.79 Å². The number of nitrogens with zero attached hydrogens (tertiary/aromatic N) is 2. The molecule has 7 nitrogen and oxygen atoms in total. The molecule has 0 saturated carbocycles. The van der Waals surface area contributed by atoms with Gasteiger partial charge >= 0.3 is 0 Å². The van der Waals surface area contributed by atoms with Crippen LogP contribution in [-0.2, 0) is 4.79 Å². The molecule has 2 aliphatic rings. The average Bonchev–Trinajstić information content (AvgIpc) is 3.56. The molecule has 0 spiro atoms. The number of hydrogen-bond acceptors (Lipinski definition) is 5. The molecule has 8 heteroatoms. The summed E-state index contributed by atoms with van der Waals surface area (Å²) >= 11 is 0. The Kier molecular flexibility index (Phi) is 5.75. The van der Waals surface area contributed by atoms with Crippen LogP contribution in [0.3, 0.4) is 0 Å². The van der Waals surface area contributed by atoms with Gasteiger partial charge in [0.15, 0.2) is 5.82 Å². The predicted octanol–water partition coefficient (Wildman–Crippen LogP) is 3.78. The Bertz CT molecular complexity index is 1250. The summed E-state index contributed by atoms with van der Waals surface area (Å²) in [4.78, 5) is 17.7. The molecule has 0 fully saturated rings. The minimum Gasteiger partial charge on any atom is -0.496 e. The Labute approximate surface area is 191 Å². The van der Waals surface area contributed by atoms with Crippen LogP contribution in [0.15, 0.2) is 61.1 Å². The topological polar surface area (TPSA) is 72.6 Å². The lowest BCUT2D eigenvalue weighted by atomic mass is 9.93. The van der Waals surface area contributed by atoms with E-state index in [4.69, 9.17) is 4.74 Å². The van der Waals surface area contributed by atoms with Crippen molar-refractivity contribution in [2.75, 3.05) is 26.7 Å². The summed E-state index contributed by atoms with van der Waals surface area (Å²) in [7, 11) is 1.63. The van der Waals surface area contributed by atoms with Crippen LogP contribution in [0.4, 0.5) is 4.39 Å². The van der Waals surface area contributed by atoms with E-state index in [1.807, 2.05) is 58.6 Å². The third kappa shape index (κ3) is 4.05. The number of aromatic nitrogens is 1. The molecular weight excluding hydrogens is 421 g/mol. The predicted molar refractivity (Wildman–Crippen MR) is 126 cm³/mol. The summed E-state index contributed by atoms with van der Waals surface area (Å²) < 4.78 is 21.2. The summed E-state index contributed by atoms with van der Waals surface area (Å²) in [5.74, 6) is 0.478. The van der Waals surface area contributed by atoms with Crippen molar-refractivity contribution in [1.82, 2.24) is 25.9 Å². The molecule has 0 radical (unpaired) electrons. The summed E-state index contributed by atoms with van der Waals surface area (Å²) in [6.07, 6.45) is 8.46. The number of amides is 1. The number of halogens is 1. The zero-order valence-corrected chi connectivity index (χ0v) is 18.4. The smallest absolute Gasteiger partial charge is 0.224 e. The van der Waals surface area contributed by atoms with Gasteiger partial charge in [-0.05, 0) is 35.8 Å². The van der Waals surface area contributed by atoms with Crippen LogP contribution < -0.4 is 15.7 Å². The van der Waals surface area contributed by atoms with Crippen LogP contribution in [-0.4, -0.2) is 47.5 Å². The molecule has 0 bridgehead atoms. The highest BCUT2D eigenvalue weighted by Gasteiger charge is 2.24. The zero-order valence-electron chi connectivity index (χ0n) is 18.4. The fourth-order valence-corrected chi connectivity index (χ4v) is 4.46. The molecular formula is C25H26FN5O2. The van der Waals surface area contributed by atoms with Crippen LogP contribution in [0.25, 0.3) is 27.6 Å². The monoisotopic (exact) mass is 447 g/mol. The molecule has 2 aliphatic heterocycles. The van der Waals surface area contributed by atoms with Gasteiger partial charge < -0.3 is 20.0 Å². The van der Waals surface area contributed by atoms with Crippen molar-refractivity contribution < 1.29 is 13.9 Å². The summed E-state index contributed by atoms with van der Waals surface area (Å²) in [6.45, 7) is 1.57. The van der Waals surface area contributed by atoms with Crippen molar-refractivity contribution in [3.05, 3.63) is 72.5 Å². The second-order valence-electron chi connectivity index (χ2n) is 8.10. The number of nitrogens with one attached hydrogen (secondary N) is 3. The average molecular weight is 448 g/mol. The minimum atomic E-state index is -0.299. The molecule has 170 valence electrons. The highest BCUT2D eigenvalue weighted by molar-refractivity contribution is 5.99. The Morgan fingerprint density at radius 2 is 2.06 bits per heavy atom. The zero-order chi connectivity index (χ0) is 22.8. The van der Waals surface area contributed by atoms with Crippen molar-refractivity contribution in [2.24, 2.45) is 0 Å². The van der Waals surface area contributed by atoms with Crippen LogP contribution in [0, 0.1) is 5.82 Å². The van der Waals surface area contributed by atoms with Crippen molar-refractivity contribution >= 4 is 22.4 Å². The first-order valence-electron chi connectivity index (χ1n) is 11.0. The Hall–Kier alpha value is -3.78. The van der Waals surface area contributed by atoms with Gasteiger partial charge in [0.05, 0.1) is 12.6 Å². The number of aromatic amines is 1. The van der Waals surface area contributed by atoms with E-state index >= 15 is 4.39 Å². The van der Waals surface area contributed by atoms with E-state index < -0.39 is 0 Å². The number of hydrazine groups is 2. The largest absolute Gasteiger partial charge is 0.496 e. The molecule has 1 amide bonds. The van der Waals surface area contributed by atoms with E-state index in [2.05, 4.69) is 15.9 Å². The number of hydrogen-bond donors (Lipinski definition) is 3. The summed E-state index contributed by atoms with van der Waals surface area (Å²) in [5, 5.41) is 2.61. The van der Waals surface area contributed by atoms with E-state index in [1.165, 1.54) is 0 Å². The van der Waals surface area contributed by atoms with Gasteiger partial charge in [-0.2, -0.15) is 0 Å². The number of benzene rings is 2. The SMILES string of the molecule is COc1ccccc1-c1cc(C2=CCCN(C(=O)CCN3C=CNN3)C2)c(F)c2[nH]ccc12. The van der Waals surface area contributed by atoms with Crippen LogP contribution in [0.5, 0.6) is 5.75 Å². The second-order valence-corrected chi connectivity index (χ2v) is 8.10.